The molecule has 0 aromatic heterocycles. The van der Waals surface area contributed by atoms with Gasteiger partial charge in [-0.05, 0) is 18.8 Å². The van der Waals surface area contributed by atoms with Crippen LogP contribution in [-0.2, 0) is 0 Å². The lowest BCUT2D eigenvalue weighted by Crippen LogP contribution is -2.13. The molecule has 0 heterocycles. The Hall–Kier alpha value is -0.520. The van der Waals surface area contributed by atoms with Crippen LogP contribution in [0.2, 0.25) is 0 Å². The third-order valence-electron chi connectivity index (χ3n) is 3.22. The molecule has 1 unspecified atom stereocenters. The van der Waals surface area contributed by atoms with Crippen LogP contribution in [0.3, 0.4) is 0 Å². The molecule has 0 nitrogen and oxygen atoms in total. The van der Waals surface area contributed by atoms with Gasteiger partial charge in [-0.15, -0.1) is 6.58 Å². The lowest BCUT2D eigenvalue weighted by Gasteiger charge is -2.21. The second-order valence-corrected chi connectivity index (χ2v) is 4.42. The fraction of sp³-hybridized carbons (Fsp3) is 0.667. The summed E-state index contributed by atoms with van der Waals surface area (Å²) in [5, 5.41) is 0. The Bertz CT molecular complexity index is 230. The van der Waals surface area contributed by atoms with E-state index < -0.39 is 0 Å². The third kappa shape index (κ3) is 0.972. The van der Waals surface area contributed by atoms with Crippen LogP contribution in [0, 0.1) is 17.3 Å². The van der Waals surface area contributed by atoms with E-state index in [2.05, 4.69) is 47.3 Å². The lowest BCUT2D eigenvalue weighted by atomic mass is 9.82. The zero-order valence-electron chi connectivity index (χ0n) is 8.94. The van der Waals surface area contributed by atoms with Crippen LogP contribution in [0.25, 0.3) is 0 Å². The van der Waals surface area contributed by atoms with Gasteiger partial charge >= 0.3 is 0 Å². The highest BCUT2D eigenvalue weighted by atomic mass is 14.5. The van der Waals surface area contributed by atoms with Crippen LogP contribution in [0.5, 0.6) is 0 Å². The van der Waals surface area contributed by atoms with Gasteiger partial charge < -0.3 is 0 Å². The molecule has 0 aromatic carbocycles. The molecule has 1 aliphatic carbocycles. The van der Waals surface area contributed by atoms with E-state index in [9.17, 15) is 0 Å². The van der Waals surface area contributed by atoms with Gasteiger partial charge in [-0.25, -0.2) is 0 Å². The van der Waals surface area contributed by atoms with Crippen molar-refractivity contribution in [2.45, 2.75) is 34.6 Å². The molecule has 0 heteroatoms. The topological polar surface area (TPSA) is 0 Å². The van der Waals surface area contributed by atoms with Crippen molar-refractivity contribution < 1.29 is 0 Å². The van der Waals surface area contributed by atoms with Crippen molar-refractivity contribution in [2.75, 3.05) is 0 Å². The molecule has 0 saturated heterocycles. The van der Waals surface area contributed by atoms with Crippen molar-refractivity contribution in [3.8, 4) is 0 Å². The van der Waals surface area contributed by atoms with Crippen LogP contribution >= 0.6 is 0 Å². The van der Waals surface area contributed by atoms with E-state index in [0.717, 1.165) is 0 Å². The average molecular weight is 164 g/mol. The summed E-state index contributed by atoms with van der Waals surface area (Å²) in [6, 6.07) is 0. The number of hydrogen-bond donors (Lipinski definition) is 0. The number of rotatable bonds is 3. The van der Waals surface area contributed by atoms with Crippen LogP contribution in [0.15, 0.2) is 23.8 Å². The van der Waals surface area contributed by atoms with Crippen LogP contribution < -0.4 is 0 Å². The molecule has 68 valence electrons. The van der Waals surface area contributed by atoms with Gasteiger partial charge in [0.2, 0.25) is 0 Å². The molecular formula is C12H20. The second kappa shape index (κ2) is 2.76. The molecule has 0 spiro atoms. The fourth-order valence-corrected chi connectivity index (χ4v) is 2.62. The first kappa shape index (κ1) is 9.57. The van der Waals surface area contributed by atoms with Gasteiger partial charge in [-0.3, -0.25) is 0 Å². The lowest BCUT2D eigenvalue weighted by molar-refractivity contribution is 0.444. The number of allylic oxidation sites excluding steroid dienone is 3. The monoisotopic (exact) mass is 164 g/mol. The first-order chi connectivity index (χ1) is 5.48. The molecule has 0 aromatic rings. The van der Waals surface area contributed by atoms with Gasteiger partial charge in [-0.2, -0.15) is 0 Å². The quantitative estimate of drug-likeness (QED) is 0.556. The van der Waals surface area contributed by atoms with E-state index in [1.54, 1.807) is 11.1 Å². The van der Waals surface area contributed by atoms with Gasteiger partial charge in [0.1, 0.15) is 0 Å². The van der Waals surface area contributed by atoms with E-state index in [4.69, 9.17) is 0 Å². The summed E-state index contributed by atoms with van der Waals surface area (Å²) < 4.78 is 0. The van der Waals surface area contributed by atoms with Gasteiger partial charge in [0.25, 0.3) is 0 Å². The molecule has 0 aliphatic heterocycles. The Kier molecular flexibility index (Phi) is 2.20. The summed E-state index contributed by atoms with van der Waals surface area (Å²) in [5.41, 5.74) is 3.46. The maximum atomic E-state index is 3.96. The molecule has 1 aliphatic rings. The van der Waals surface area contributed by atoms with Crippen molar-refractivity contribution in [2.24, 2.45) is 17.3 Å². The second-order valence-electron chi connectivity index (χ2n) is 4.42. The van der Waals surface area contributed by atoms with Crippen molar-refractivity contribution in [1.82, 2.24) is 0 Å². The normalized spacial score (nSPS) is 28.6. The Balaban J connectivity index is 2.88. The summed E-state index contributed by atoms with van der Waals surface area (Å²) in [4.78, 5) is 0. The average Bonchev–Trinajstić information content (AvgIpc) is 2.56. The van der Waals surface area contributed by atoms with E-state index in [1.807, 2.05) is 0 Å². The summed E-state index contributed by atoms with van der Waals surface area (Å²) in [5.74, 6) is 1.36. The Morgan fingerprint density at radius 3 is 1.83 bits per heavy atom. The van der Waals surface area contributed by atoms with E-state index >= 15 is 0 Å². The predicted octanol–water partition coefficient (Wildman–Crippen LogP) is 3.80. The summed E-state index contributed by atoms with van der Waals surface area (Å²) in [7, 11) is 0. The summed E-state index contributed by atoms with van der Waals surface area (Å²) >= 11 is 0. The van der Waals surface area contributed by atoms with Crippen LogP contribution in [0.1, 0.15) is 34.6 Å². The molecule has 0 N–H and O–H groups in total. The van der Waals surface area contributed by atoms with E-state index in [1.165, 1.54) is 0 Å². The molecule has 0 radical (unpaired) electrons. The molecule has 1 rings (SSSR count). The van der Waals surface area contributed by atoms with E-state index in [-0.39, 0.29) is 5.41 Å². The Labute approximate surface area is 76.4 Å². The summed E-state index contributed by atoms with van der Waals surface area (Å²) in [6.07, 6.45) is 2.13. The number of hydrogen-bond acceptors (Lipinski definition) is 0. The first-order valence-electron chi connectivity index (χ1n) is 4.83. The minimum absolute atomic E-state index is 0.286. The van der Waals surface area contributed by atoms with Crippen molar-refractivity contribution in [3.05, 3.63) is 23.8 Å². The standard InChI is InChI=1S/C12H20/c1-7-12(9(4)5)10(6)11(12)8(2)3/h7-9H,1H2,2-6H3. The molecule has 0 amide bonds. The smallest absolute Gasteiger partial charge is 0.0327 e. The molecule has 1 atom stereocenters. The van der Waals surface area contributed by atoms with E-state index in [0.29, 0.717) is 11.8 Å². The minimum atomic E-state index is 0.286. The first-order valence-corrected chi connectivity index (χ1v) is 4.83. The SMILES string of the molecule is C=CC1(C(C)C)C(C)=C1C(C)C. The molecule has 0 bridgehead atoms. The van der Waals surface area contributed by atoms with Gasteiger partial charge in [-0.1, -0.05) is 44.9 Å². The van der Waals surface area contributed by atoms with Crippen molar-refractivity contribution in [3.63, 3.8) is 0 Å². The van der Waals surface area contributed by atoms with Crippen LogP contribution in [0.4, 0.5) is 0 Å². The zero-order valence-corrected chi connectivity index (χ0v) is 8.94. The minimum Gasteiger partial charge on any atom is -0.102 e. The maximum Gasteiger partial charge on any atom is 0.0327 e. The highest BCUT2D eigenvalue weighted by Gasteiger charge is 2.50. The molecule has 0 saturated carbocycles. The molecule has 12 heavy (non-hydrogen) atoms. The maximum absolute atomic E-state index is 3.96. The Morgan fingerprint density at radius 1 is 1.25 bits per heavy atom. The fourth-order valence-electron chi connectivity index (χ4n) is 2.62. The van der Waals surface area contributed by atoms with Gasteiger partial charge in [0, 0.05) is 5.41 Å². The van der Waals surface area contributed by atoms with Crippen molar-refractivity contribution in [1.29, 1.82) is 0 Å². The van der Waals surface area contributed by atoms with Gasteiger partial charge in [0.05, 0.1) is 0 Å². The largest absolute Gasteiger partial charge is 0.102 e. The predicted molar refractivity (Wildman–Crippen MR) is 55.0 cm³/mol. The third-order valence-corrected chi connectivity index (χ3v) is 3.22. The van der Waals surface area contributed by atoms with Gasteiger partial charge in [0.15, 0.2) is 0 Å². The Morgan fingerprint density at radius 2 is 1.75 bits per heavy atom. The highest BCUT2D eigenvalue weighted by molar-refractivity contribution is 5.54. The van der Waals surface area contributed by atoms with Crippen molar-refractivity contribution >= 4 is 0 Å². The van der Waals surface area contributed by atoms with Crippen LogP contribution in [-0.4, -0.2) is 0 Å². The molecular weight excluding hydrogens is 144 g/mol. The zero-order chi connectivity index (χ0) is 9.52. The summed E-state index contributed by atoms with van der Waals surface area (Å²) in [6.45, 7) is 15.3. The molecule has 0 fully saturated rings. The highest BCUT2D eigenvalue weighted by Crippen LogP contribution is 2.61.